The van der Waals surface area contributed by atoms with Crippen molar-refractivity contribution in [2.75, 3.05) is 5.32 Å². The molecule has 1 N–H and O–H groups in total. The number of anilines is 1. The van der Waals surface area contributed by atoms with E-state index in [-0.39, 0.29) is 17.7 Å². The zero-order valence-corrected chi connectivity index (χ0v) is 20.4. The molecule has 0 unspecified atom stereocenters. The Hall–Kier alpha value is -3.81. The molecule has 0 fully saturated rings. The predicted octanol–water partition coefficient (Wildman–Crippen LogP) is 4.60. The van der Waals surface area contributed by atoms with Gasteiger partial charge in [-0.2, -0.15) is 14.9 Å². The number of hydrogen-bond acceptors (Lipinski definition) is 7. The molecule has 2 aromatic carbocycles. The fraction of sp³-hybridized carbons (Fsp3) is 0.125. The Morgan fingerprint density at radius 2 is 1.97 bits per heavy atom. The number of rotatable bonds is 7. The molecule has 0 spiro atoms. The number of nitriles is 1. The third-order valence-corrected chi connectivity index (χ3v) is 6.27. The summed E-state index contributed by atoms with van der Waals surface area (Å²) in [5.74, 6) is 0.0720. The van der Waals surface area contributed by atoms with Gasteiger partial charge in [0.2, 0.25) is 4.96 Å². The third kappa shape index (κ3) is 5.57. The van der Waals surface area contributed by atoms with Gasteiger partial charge in [-0.05, 0) is 54.5 Å². The first kappa shape index (κ1) is 23.4. The molecule has 0 aliphatic rings. The topological polar surface area (TPSA) is 109 Å². The number of fused-ring (bicyclic) bond motifs is 1. The predicted molar refractivity (Wildman–Crippen MR) is 134 cm³/mol. The van der Waals surface area contributed by atoms with Crippen LogP contribution in [0.1, 0.15) is 23.2 Å². The van der Waals surface area contributed by atoms with Crippen LogP contribution in [0.2, 0.25) is 0 Å². The van der Waals surface area contributed by atoms with Gasteiger partial charge in [0.25, 0.3) is 11.5 Å². The molecule has 8 nitrogen and oxygen atoms in total. The number of aryl methyl sites for hydroxylation is 1. The number of carbonyl (C=O) groups is 1. The molecule has 0 atom stereocenters. The first-order valence-electron chi connectivity index (χ1n) is 10.3. The van der Waals surface area contributed by atoms with Crippen molar-refractivity contribution in [3.05, 3.63) is 91.3 Å². The summed E-state index contributed by atoms with van der Waals surface area (Å²) in [6.07, 6.45) is 2.24. The van der Waals surface area contributed by atoms with Gasteiger partial charge >= 0.3 is 0 Å². The average molecular weight is 536 g/mol. The molecule has 2 aromatic heterocycles. The monoisotopic (exact) mass is 535 g/mol. The quantitative estimate of drug-likeness (QED) is 0.273. The minimum absolute atomic E-state index is 0.0226. The summed E-state index contributed by atoms with van der Waals surface area (Å²) in [4.78, 5) is 29.7. The van der Waals surface area contributed by atoms with Gasteiger partial charge in [-0.25, -0.2) is 4.98 Å². The fourth-order valence-corrected chi connectivity index (χ4v) is 4.10. The van der Waals surface area contributed by atoms with Gasteiger partial charge in [-0.3, -0.25) is 9.59 Å². The first-order valence-corrected chi connectivity index (χ1v) is 11.9. The van der Waals surface area contributed by atoms with E-state index in [2.05, 4.69) is 31.3 Å². The molecule has 0 bridgehead atoms. The highest BCUT2D eigenvalue weighted by Crippen LogP contribution is 2.18. The van der Waals surface area contributed by atoms with Crippen LogP contribution in [0, 0.1) is 11.3 Å². The third-order valence-electron chi connectivity index (χ3n) is 4.69. The Labute approximate surface area is 207 Å². The molecule has 0 aliphatic carbocycles. The SMILES string of the molecule is CCc1nn2c(=O)cc(COc3ccc(/C=C(\C#N)C(=O)Nc4ccc(Br)cc4)cc3)nc2s1. The molecular formula is C24H18BrN5O3S. The molecule has 4 rings (SSSR count). The van der Waals surface area contributed by atoms with Gasteiger partial charge in [0.1, 0.15) is 29.0 Å². The number of carbonyl (C=O) groups excluding carboxylic acids is 1. The second kappa shape index (κ2) is 10.4. The minimum atomic E-state index is -0.493. The average Bonchev–Trinajstić information content (AvgIpc) is 3.27. The number of nitrogens with one attached hydrogen (secondary N) is 1. The standard InChI is InChI=1S/C24H18BrN5O3S/c1-2-21-29-30-22(31)12-19(28-24(30)34-21)14-33-20-9-3-15(4-10-20)11-16(13-26)23(32)27-18-7-5-17(25)6-8-18/h3-12H,2,14H2,1H3,(H,27,32)/b16-11+. The normalized spacial score (nSPS) is 11.3. The van der Waals surface area contributed by atoms with Gasteiger partial charge in [0, 0.05) is 16.2 Å². The van der Waals surface area contributed by atoms with Crippen LogP contribution >= 0.6 is 27.3 Å². The van der Waals surface area contributed by atoms with E-state index in [0.29, 0.717) is 27.7 Å². The summed E-state index contributed by atoms with van der Waals surface area (Å²) >= 11 is 4.72. The summed E-state index contributed by atoms with van der Waals surface area (Å²) in [7, 11) is 0. The lowest BCUT2D eigenvalue weighted by atomic mass is 10.1. The molecule has 0 saturated heterocycles. The maximum atomic E-state index is 12.4. The molecule has 2 heterocycles. The first-order chi connectivity index (χ1) is 16.4. The van der Waals surface area contributed by atoms with Crippen molar-refractivity contribution < 1.29 is 9.53 Å². The lowest BCUT2D eigenvalue weighted by molar-refractivity contribution is -0.112. The fourth-order valence-electron chi connectivity index (χ4n) is 2.98. The minimum Gasteiger partial charge on any atom is -0.487 e. The van der Waals surface area contributed by atoms with Crippen LogP contribution in [0.5, 0.6) is 5.75 Å². The van der Waals surface area contributed by atoms with Crippen molar-refractivity contribution in [1.29, 1.82) is 5.26 Å². The number of amides is 1. The van der Waals surface area contributed by atoms with Gasteiger partial charge in [0.15, 0.2) is 0 Å². The van der Waals surface area contributed by atoms with Gasteiger partial charge in [-0.1, -0.05) is 46.3 Å². The van der Waals surface area contributed by atoms with Crippen molar-refractivity contribution in [2.24, 2.45) is 0 Å². The summed E-state index contributed by atoms with van der Waals surface area (Å²) in [5, 5.41) is 17.2. The number of aromatic nitrogens is 3. The Morgan fingerprint density at radius 3 is 2.65 bits per heavy atom. The Bertz CT molecular complexity index is 1470. The number of nitrogens with zero attached hydrogens (tertiary/aromatic N) is 4. The van der Waals surface area contributed by atoms with E-state index in [9.17, 15) is 14.9 Å². The number of benzene rings is 2. The number of halogens is 1. The van der Waals surface area contributed by atoms with Crippen molar-refractivity contribution >= 4 is 49.9 Å². The van der Waals surface area contributed by atoms with E-state index in [1.165, 1.54) is 28.0 Å². The largest absolute Gasteiger partial charge is 0.487 e. The van der Waals surface area contributed by atoms with Crippen molar-refractivity contribution in [2.45, 2.75) is 20.0 Å². The highest BCUT2D eigenvalue weighted by Gasteiger charge is 2.11. The van der Waals surface area contributed by atoms with Crippen LogP contribution in [-0.4, -0.2) is 20.5 Å². The number of ether oxygens (including phenoxy) is 1. The molecule has 4 aromatic rings. The Balaban J connectivity index is 1.42. The Morgan fingerprint density at radius 1 is 1.24 bits per heavy atom. The van der Waals surface area contributed by atoms with Gasteiger partial charge in [-0.15, -0.1) is 0 Å². The van der Waals surface area contributed by atoms with Gasteiger partial charge in [0.05, 0.1) is 5.69 Å². The molecule has 1 amide bonds. The molecule has 170 valence electrons. The lowest BCUT2D eigenvalue weighted by Crippen LogP contribution is -2.16. The van der Waals surface area contributed by atoms with Crippen LogP contribution in [0.3, 0.4) is 0 Å². The highest BCUT2D eigenvalue weighted by molar-refractivity contribution is 9.10. The van der Waals surface area contributed by atoms with Crippen LogP contribution in [0.25, 0.3) is 11.0 Å². The summed E-state index contributed by atoms with van der Waals surface area (Å²) in [6, 6.07) is 17.3. The molecule has 0 saturated carbocycles. The smallest absolute Gasteiger partial charge is 0.275 e. The van der Waals surface area contributed by atoms with E-state index in [4.69, 9.17) is 4.74 Å². The van der Waals surface area contributed by atoms with E-state index in [1.807, 2.05) is 13.0 Å². The zero-order valence-electron chi connectivity index (χ0n) is 18.0. The van der Waals surface area contributed by atoms with Crippen LogP contribution in [0.15, 0.2) is 69.4 Å². The molecule has 34 heavy (non-hydrogen) atoms. The maximum absolute atomic E-state index is 12.4. The maximum Gasteiger partial charge on any atom is 0.275 e. The van der Waals surface area contributed by atoms with Crippen molar-refractivity contribution in [1.82, 2.24) is 14.6 Å². The summed E-state index contributed by atoms with van der Waals surface area (Å²) in [6.45, 7) is 2.10. The molecular weight excluding hydrogens is 518 g/mol. The molecule has 10 heteroatoms. The van der Waals surface area contributed by atoms with E-state index >= 15 is 0 Å². The highest BCUT2D eigenvalue weighted by atomic mass is 79.9. The molecule has 0 radical (unpaired) electrons. The summed E-state index contributed by atoms with van der Waals surface area (Å²) in [5.41, 5.74) is 1.51. The van der Waals surface area contributed by atoms with E-state index < -0.39 is 5.91 Å². The lowest BCUT2D eigenvalue weighted by Gasteiger charge is -2.07. The molecule has 0 aliphatic heterocycles. The van der Waals surface area contributed by atoms with Crippen LogP contribution in [0.4, 0.5) is 5.69 Å². The second-order valence-corrected chi connectivity index (χ2v) is 9.07. The second-order valence-electron chi connectivity index (χ2n) is 7.12. The number of hydrogen-bond donors (Lipinski definition) is 1. The summed E-state index contributed by atoms with van der Waals surface area (Å²) < 4.78 is 7.95. The van der Waals surface area contributed by atoms with Crippen LogP contribution < -0.4 is 15.6 Å². The Kier molecular flexibility index (Phi) is 7.15. The van der Waals surface area contributed by atoms with Gasteiger partial charge < -0.3 is 10.1 Å². The van der Waals surface area contributed by atoms with Crippen LogP contribution in [-0.2, 0) is 17.8 Å². The van der Waals surface area contributed by atoms with E-state index in [1.54, 1.807) is 48.5 Å². The van der Waals surface area contributed by atoms with E-state index in [0.717, 1.165) is 15.9 Å². The van der Waals surface area contributed by atoms with Crippen molar-refractivity contribution in [3.8, 4) is 11.8 Å². The zero-order chi connectivity index (χ0) is 24.1. The van der Waals surface area contributed by atoms with Crippen molar-refractivity contribution in [3.63, 3.8) is 0 Å².